The van der Waals surface area contributed by atoms with Crippen LogP contribution in [-0.2, 0) is 0 Å². The van der Waals surface area contributed by atoms with Gasteiger partial charge in [-0.05, 0) is 12.6 Å². The van der Waals surface area contributed by atoms with Gasteiger partial charge in [0.2, 0.25) is 0 Å². The van der Waals surface area contributed by atoms with Gasteiger partial charge in [-0.15, -0.1) is 0 Å². The van der Waals surface area contributed by atoms with Crippen molar-refractivity contribution in [2.45, 2.75) is 30.4 Å². The molecule has 100 valence electrons. The molecule has 0 spiro atoms. The molecule has 1 N–H and O–H groups in total. The maximum atomic E-state index is 13.9. The maximum Gasteiger partial charge on any atom is 0.146 e. The van der Waals surface area contributed by atoms with Crippen LogP contribution in [-0.4, -0.2) is 33.5 Å². The summed E-state index contributed by atoms with van der Waals surface area (Å²) in [5.74, 6) is 2.14. The molecule has 18 heavy (non-hydrogen) atoms. The van der Waals surface area contributed by atoms with E-state index >= 15 is 0 Å². The summed E-state index contributed by atoms with van der Waals surface area (Å²) in [6, 6.07) is 1.88. The van der Waals surface area contributed by atoms with Crippen molar-refractivity contribution in [3.8, 4) is 0 Å². The van der Waals surface area contributed by atoms with Crippen molar-refractivity contribution in [3.05, 3.63) is 29.8 Å². The van der Waals surface area contributed by atoms with E-state index in [0.717, 1.165) is 17.9 Å². The average molecular weight is 286 g/mol. The van der Waals surface area contributed by atoms with Crippen molar-refractivity contribution in [2.75, 3.05) is 18.1 Å². The highest BCUT2D eigenvalue weighted by Gasteiger charge is 2.32. The Morgan fingerprint density at radius 2 is 2.28 bits per heavy atom. The molecule has 1 aromatic rings. The van der Waals surface area contributed by atoms with Crippen LogP contribution in [0.3, 0.4) is 0 Å². The van der Waals surface area contributed by atoms with Crippen molar-refractivity contribution in [1.29, 1.82) is 0 Å². The highest BCUT2D eigenvalue weighted by atomic mass is 32.2. The molecule has 2 heterocycles. The first kappa shape index (κ1) is 14.2. The topological polar surface area (TPSA) is 24.9 Å². The summed E-state index contributed by atoms with van der Waals surface area (Å²) >= 11 is 3.93. The van der Waals surface area contributed by atoms with E-state index in [1.807, 2.05) is 23.5 Å². The lowest BCUT2D eigenvalue weighted by molar-refractivity contribution is 0.491. The Balaban J connectivity index is 2.24. The minimum atomic E-state index is -0.202. The SMILES string of the molecule is CCNC(c1ccncc1F)C1SCCSC1C. The zero-order valence-corrected chi connectivity index (χ0v) is 12.4. The van der Waals surface area contributed by atoms with Gasteiger partial charge in [-0.2, -0.15) is 23.5 Å². The molecule has 0 saturated carbocycles. The average Bonchev–Trinajstić information content (AvgIpc) is 2.38. The number of hydrogen-bond acceptors (Lipinski definition) is 4. The lowest BCUT2D eigenvalue weighted by atomic mass is 10.0. The van der Waals surface area contributed by atoms with Crippen molar-refractivity contribution in [2.24, 2.45) is 0 Å². The minimum Gasteiger partial charge on any atom is -0.309 e. The summed E-state index contributed by atoms with van der Waals surface area (Å²) in [7, 11) is 0. The van der Waals surface area contributed by atoms with Gasteiger partial charge in [-0.25, -0.2) is 4.39 Å². The van der Waals surface area contributed by atoms with Crippen LogP contribution in [0.5, 0.6) is 0 Å². The molecule has 2 nitrogen and oxygen atoms in total. The summed E-state index contributed by atoms with van der Waals surface area (Å²) < 4.78 is 13.9. The molecule has 0 radical (unpaired) electrons. The van der Waals surface area contributed by atoms with Crippen molar-refractivity contribution >= 4 is 23.5 Å². The lowest BCUT2D eigenvalue weighted by Crippen LogP contribution is -2.38. The van der Waals surface area contributed by atoms with Gasteiger partial charge in [-0.1, -0.05) is 13.8 Å². The van der Waals surface area contributed by atoms with Crippen LogP contribution >= 0.6 is 23.5 Å². The molecule has 0 aromatic carbocycles. The first-order valence-corrected chi connectivity index (χ1v) is 8.39. The van der Waals surface area contributed by atoms with Gasteiger partial charge in [0.05, 0.1) is 6.20 Å². The van der Waals surface area contributed by atoms with Crippen molar-refractivity contribution < 1.29 is 4.39 Å². The molecule has 1 fully saturated rings. The summed E-state index contributed by atoms with van der Waals surface area (Å²) in [5.41, 5.74) is 0.749. The second kappa shape index (κ2) is 6.78. The smallest absolute Gasteiger partial charge is 0.146 e. The standard InChI is InChI=1S/C13H19FN2S2/c1-3-16-12(10-4-5-15-8-11(10)14)13-9(2)17-6-7-18-13/h4-5,8-9,12-13,16H,3,6-7H2,1-2H3. The zero-order chi connectivity index (χ0) is 13.0. The summed E-state index contributed by atoms with van der Waals surface area (Å²) in [6.45, 7) is 5.16. The van der Waals surface area contributed by atoms with E-state index < -0.39 is 0 Å². The number of nitrogens with one attached hydrogen (secondary N) is 1. The minimum absolute atomic E-state index is 0.0748. The van der Waals surface area contributed by atoms with Crippen LogP contribution in [0.1, 0.15) is 25.5 Å². The third-order valence-corrected chi connectivity index (χ3v) is 6.32. The normalized spacial score (nSPS) is 25.9. The lowest BCUT2D eigenvalue weighted by Gasteiger charge is -2.35. The highest BCUT2D eigenvalue weighted by molar-refractivity contribution is 8.07. The van der Waals surface area contributed by atoms with E-state index in [2.05, 4.69) is 24.1 Å². The third-order valence-electron chi connectivity index (χ3n) is 3.13. The number of aromatic nitrogens is 1. The number of hydrogen-bond donors (Lipinski definition) is 1. The Morgan fingerprint density at radius 1 is 1.50 bits per heavy atom. The molecule has 1 saturated heterocycles. The Labute approximate surface area is 117 Å². The predicted molar refractivity (Wildman–Crippen MR) is 78.8 cm³/mol. The summed E-state index contributed by atoms with van der Waals surface area (Å²) in [4.78, 5) is 3.84. The van der Waals surface area contributed by atoms with Crippen molar-refractivity contribution in [3.63, 3.8) is 0 Å². The number of nitrogens with zero attached hydrogens (tertiary/aromatic N) is 1. The van der Waals surface area contributed by atoms with E-state index in [9.17, 15) is 4.39 Å². The van der Waals surface area contributed by atoms with E-state index in [1.165, 1.54) is 11.9 Å². The molecule has 3 unspecified atom stereocenters. The van der Waals surface area contributed by atoms with Gasteiger partial charge in [0.1, 0.15) is 5.82 Å². The van der Waals surface area contributed by atoms with Crippen molar-refractivity contribution in [1.82, 2.24) is 10.3 Å². The molecule has 0 amide bonds. The van der Waals surface area contributed by atoms with Gasteiger partial charge < -0.3 is 5.32 Å². The molecule has 2 rings (SSSR count). The Hall–Kier alpha value is -0.260. The quantitative estimate of drug-likeness (QED) is 0.919. The molecular formula is C13H19FN2S2. The fraction of sp³-hybridized carbons (Fsp3) is 0.615. The Morgan fingerprint density at radius 3 is 2.94 bits per heavy atom. The second-order valence-corrected chi connectivity index (χ2v) is 7.11. The van der Waals surface area contributed by atoms with E-state index in [1.54, 1.807) is 12.3 Å². The zero-order valence-electron chi connectivity index (χ0n) is 10.7. The van der Waals surface area contributed by atoms with Crippen LogP contribution < -0.4 is 5.32 Å². The van der Waals surface area contributed by atoms with Gasteiger partial charge >= 0.3 is 0 Å². The van der Waals surface area contributed by atoms with E-state index in [-0.39, 0.29) is 11.9 Å². The summed E-state index contributed by atoms with van der Waals surface area (Å²) in [5, 5.41) is 4.40. The van der Waals surface area contributed by atoms with Crippen LogP contribution in [0, 0.1) is 5.82 Å². The maximum absolute atomic E-state index is 13.9. The molecular weight excluding hydrogens is 267 g/mol. The molecule has 1 aliphatic heterocycles. The Bertz CT molecular complexity index is 389. The fourth-order valence-corrected chi connectivity index (χ4v) is 5.22. The number of thioether (sulfide) groups is 2. The third kappa shape index (κ3) is 3.19. The summed E-state index contributed by atoms with van der Waals surface area (Å²) in [6.07, 6.45) is 2.99. The van der Waals surface area contributed by atoms with E-state index in [0.29, 0.717) is 10.5 Å². The molecule has 1 aliphatic rings. The molecule has 0 aliphatic carbocycles. The number of pyridine rings is 1. The molecule has 3 atom stereocenters. The number of halogens is 1. The monoisotopic (exact) mass is 286 g/mol. The van der Waals surface area contributed by atoms with Gasteiger partial charge in [0.15, 0.2) is 0 Å². The van der Waals surface area contributed by atoms with Crippen LogP contribution in [0.25, 0.3) is 0 Å². The van der Waals surface area contributed by atoms with Crippen LogP contribution in [0.2, 0.25) is 0 Å². The largest absolute Gasteiger partial charge is 0.309 e. The van der Waals surface area contributed by atoms with Crippen LogP contribution in [0.4, 0.5) is 4.39 Å². The molecule has 0 bridgehead atoms. The van der Waals surface area contributed by atoms with Gasteiger partial charge in [0.25, 0.3) is 0 Å². The second-order valence-electron chi connectivity index (χ2n) is 4.34. The first-order valence-electron chi connectivity index (χ1n) is 6.30. The fourth-order valence-electron chi connectivity index (χ4n) is 2.28. The van der Waals surface area contributed by atoms with E-state index in [4.69, 9.17) is 0 Å². The molecule has 5 heteroatoms. The van der Waals surface area contributed by atoms with Gasteiger partial charge in [0, 0.05) is 39.8 Å². The Kier molecular flexibility index (Phi) is 5.33. The number of rotatable bonds is 4. The molecule has 1 aromatic heterocycles. The highest BCUT2D eigenvalue weighted by Crippen LogP contribution is 2.39. The van der Waals surface area contributed by atoms with Gasteiger partial charge in [-0.3, -0.25) is 4.98 Å². The predicted octanol–water partition coefficient (Wildman–Crippen LogP) is 3.11. The van der Waals surface area contributed by atoms with Crippen LogP contribution in [0.15, 0.2) is 18.5 Å². The first-order chi connectivity index (χ1) is 8.74.